The topological polar surface area (TPSA) is 97.7 Å². The molecule has 2 fully saturated rings. The van der Waals surface area contributed by atoms with E-state index in [0.29, 0.717) is 24.2 Å². The number of ether oxygens (including phenoxy) is 1. The lowest BCUT2D eigenvalue weighted by Crippen LogP contribution is -2.45. The Morgan fingerprint density at radius 1 is 0.970 bits per heavy atom. The average molecular weight is 482 g/mol. The van der Waals surface area contributed by atoms with Gasteiger partial charge in [-0.3, -0.25) is 4.79 Å². The van der Waals surface area contributed by atoms with Gasteiger partial charge in [-0.1, -0.05) is 32.1 Å². The van der Waals surface area contributed by atoms with Crippen LogP contribution in [0.4, 0.5) is 0 Å². The SMILES string of the molecule is CCOC(=O)c1c(S(=O)(=O)N2CCC(C(=O)NC3CCCCCCC3)CC2)c(C)n(C)c1C. The van der Waals surface area contributed by atoms with Gasteiger partial charge in [-0.05, 0) is 46.5 Å². The van der Waals surface area contributed by atoms with E-state index in [1.54, 1.807) is 32.4 Å². The normalized spacial score (nSPS) is 19.6. The maximum atomic E-state index is 13.6. The van der Waals surface area contributed by atoms with E-state index in [0.717, 1.165) is 25.7 Å². The highest BCUT2D eigenvalue weighted by atomic mass is 32.2. The first-order valence-electron chi connectivity index (χ1n) is 12.3. The van der Waals surface area contributed by atoms with Crippen LogP contribution in [0.1, 0.15) is 86.5 Å². The standard InChI is InChI=1S/C24H39N3O5S/c1-5-32-24(29)21-17(2)26(4)18(3)22(21)33(30,31)27-15-13-19(14-16-27)23(28)25-20-11-9-7-6-8-10-12-20/h19-20H,5-16H2,1-4H3,(H,25,28). The van der Waals surface area contributed by atoms with Crippen molar-refractivity contribution in [2.75, 3.05) is 19.7 Å². The molecule has 0 bridgehead atoms. The number of rotatable bonds is 6. The molecule has 0 spiro atoms. The lowest BCUT2D eigenvalue weighted by Gasteiger charge is -2.32. The van der Waals surface area contributed by atoms with E-state index in [2.05, 4.69) is 5.32 Å². The molecule has 1 aliphatic heterocycles. The van der Waals surface area contributed by atoms with Gasteiger partial charge >= 0.3 is 5.97 Å². The zero-order valence-corrected chi connectivity index (χ0v) is 21.3. The Morgan fingerprint density at radius 2 is 1.55 bits per heavy atom. The second-order valence-electron chi connectivity index (χ2n) is 9.38. The predicted molar refractivity (Wildman–Crippen MR) is 127 cm³/mol. The number of nitrogens with one attached hydrogen (secondary N) is 1. The second-order valence-corrected chi connectivity index (χ2v) is 11.3. The maximum Gasteiger partial charge on any atom is 0.341 e. The molecule has 2 heterocycles. The van der Waals surface area contributed by atoms with Gasteiger partial charge < -0.3 is 14.6 Å². The van der Waals surface area contributed by atoms with Crippen LogP contribution in [0.2, 0.25) is 0 Å². The van der Waals surface area contributed by atoms with Crippen molar-refractivity contribution in [3.8, 4) is 0 Å². The summed E-state index contributed by atoms with van der Waals surface area (Å²) in [6, 6.07) is 0.238. The number of carbonyl (C=O) groups is 2. The Labute approximate surface area is 198 Å². The average Bonchev–Trinajstić information content (AvgIpc) is 3.00. The Morgan fingerprint density at radius 3 is 2.12 bits per heavy atom. The molecule has 1 saturated heterocycles. The molecule has 3 rings (SSSR count). The van der Waals surface area contributed by atoms with E-state index in [-0.39, 0.29) is 48.0 Å². The number of piperidine rings is 1. The molecule has 0 radical (unpaired) electrons. The molecule has 1 aromatic heterocycles. The van der Waals surface area contributed by atoms with Crippen LogP contribution >= 0.6 is 0 Å². The lowest BCUT2D eigenvalue weighted by atomic mass is 9.94. The summed E-state index contributed by atoms with van der Waals surface area (Å²) in [5.41, 5.74) is 1.19. The fraction of sp³-hybridized carbons (Fsp3) is 0.750. The van der Waals surface area contributed by atoms with E-state index in [1.807, 2.05) is 0 Å². The number of amides is 1. The minimum atomic E-state index is -3.89. The van der Waals surface area contributed by atoms with Gasteiger partial charge in [0, 0.05) is 43.5 Å². The number of aromatic nitrogens is 1. The molecule has 1 saturated carbocycles. The van der Waals surface area contributed by atoms with Crippen LogP contribution in [-0.2, 0) is 26.6 Å². The van der Waals surface area contributed by atoms with E-state index < -0.39 is 16.0 Å². The molecule has 2 aliphatic rings. The Kier molecular flexibility index (Phi) is 8.61. The van der Waals surface area contributed by atoms with Crippen molar-refractivity contribution >= 4 is 21.9 Å². The molecule has 1 aliphatic carbocycles. The molecule has 8 nitrogen and oxygen atoms in total. The third-order valence-corrected chi connectivity index (χ3v) is 9.34. The fourth-order valence-corrected chi connectivity index (χ4v) is 7.03. The van der Waals surface area contributed by atoms with Gasteiger partial charge in [-0.15, -0.1) is 0 Å². The Balaban J connectivity index is 1.70. The smallest absolute Gasteiger partial charge is 0.341 e. The maximum absolute atomic E-state index is 13.6. The number of carbonyl (C=O) groups excluding carboxylic acids is 2. The first-order valence-corrected chi connectivity index (χ1v) is 13.8. The summed E-state index contributed by atoms with van der Waals surface area (Å²) in [5, 5.41) is 3.23. The molecule has 186 valence electrons. The van der Waals surface area contributed by atoms with Crippen LogP contribution in [0.3, 0.4) is 0 Å². The highest BCUT2D eigenvalue weighted by Gasteiger charge is 2.38. The van der Waals surface area contributed by atoms with Gasteiger partial charge in [0.05, 0.1) is 6.61 Å². The molecule has 33 heavy (non-hydrogen) atoms. The summed E-state index contributed by atoms with van der Waals surface area (Å²) >= 11 is 0. The zero-order valence-electron chi connectivity index (χ0n) is 20.5. The fourth-order valence-electron chi connectivity index (χ4n) is 5.08. The molecule has 1 amide bonds. The summed E-state index contributed by atoms with van der Waals surface area (Å²) in [6.07, 6.45) is 9.08. The van der Waals surface area contributed by atoms with Gasteiger partial charge in [0.2, 0.25) is 15.9 Å². The van der Waals surface area contributed by atoms with E-state index in [4.69, 9.17) is 4.74 Å². The minimum absolute atomic E-state index is 0.0263. The highest BCUT2D eigenvalue weighted by Crippen LogP contribution is 2.32. The summed E-state index contributed by atoms with van der Waals surface area (Å²) < 4.78 is 35.4. The van der Waals surface area contributed by atoms with Gasteiger partial charge in [0.1, 0.15) is 10.5 Å². The minimum Gasteiger partial charge on any atom is -0.462 e. The molecular formula is C24H39N3O5S. The monoisotopic (exact) mass is 481 g/mol. The van der Waals surface area contributed by atoms with Gasteiger partial charge in [-0.25, -0.2) is 13.2 Å². The van der Waals surface area contributed by atoms with Crippen molar-refractivity contribution in [2.24, 2.45) is 13.0 Å². The molecule has 0 aromatic carbocycles. The van der Waals surface area contributed by atoms with Gasteiger partial charge in [-0.2, -0.15) is 4.31 Å². The number of esters is 1. The van der Waals surface area contributed by atoms with Crippen molar-refractivity contribution in [2.45, 2.75) is 89.5 Å². The molecule has 9 heteroatoms. The van der Waals surface area contributed by atoms with Gasteiger partial charge in [0.25, 0.3) is 0 Å². The molecular weight excluding hydrogens is 442 g/mol. The summed E-state index contributed by atoms with van der Waals surface area (Å²) in [6.45, 7) is 5.83. The first kappa shape index (κ1) is 25.7. The van der Waals surface area contributed by atoms with Crippen molar-refractivity contribution < 1.29 is 22.7 Å². The summed E-state index contributed by atoms with van der Waals surface area (Å²) in [5.74, 6) is -0.743. The van der Waals surface area contributed by atoms with E-state index in [1.165, 1.54) is 23.6 Å². The van der Waals surface area contributed by atoms with Gasteiger partial charge in [0.15, 0.2) is 0 Å². The quantitative estimate of drug-likeness (QED) is 0.628. The van der Waals surface area contributed by atoms with Crippen molar-refractivity contribution in [1.29, 1.82) is 0 Å². The molecule has 1 aromatic rings. The van der Waals surface area contributed by atoms with Crippen LogP contribution in [0.15, 0.2) is 4.90 Å². The predicted octanol–water partition coefficient (Wildman–Crippen LogP) is 3.45. The van der Waals surface area contributed by atoms with E-state index in [9.17, 15) is 18.0 Å². The van der Waals surface area contributed by atoms with Crippen LogP contribution < -0.4 is 5.32 Å². The molecule has 0 atom stereocenters. The third-order valence-electron chi connectivity index (χ3n) is 7.28. The van der Waals surface area contributed by atoms with Crippen LogP contribution in [0.25, 0.3) is 0 Å². The number of nitrogens with zero attached hydrogens (tertiary/aromatic N) is 2. The first-order chi connectivity index (χ1) is 15.7. The van der Waals surface area contributed by atoms with Crippen molar-refractivity contribution in [3.63, 3.8) is 0 Å². The summed E-state index contributed by atoms with van der Waals surface area (Å²) in [7, 11) is -2.15. The largest absolute Gasteiger partial charge is 0.462 e. The zero-order chi connectivity index (χ0) is 24.2. The number of sulfonamides is 1. The van der Waals surface area contributed by atoms with E-state index >= 15 is 0 Å². The third kappa shape index (κ3) is 5.62. The molecule has 1 N–H and O–H groups in total. The van der Waals surface area contributed by atoms with Crippen molar-refractivity contribution in [1.82, 2.24) is 14.2 Å². The van der Waals surface area contributed by atoms with Crippen LogP contribution in [0.5, 0.6) is 0 Å². The highest BCUT2D eigenvalue weighted by molar-refractivity contribution is 7.89. The molecule has 0 unspecified atom stereocenters. The summed E-state index contributed by atoms with van der Waals surface area (Å²) in [4.78, 5) is 25.5. The Bertz CT molecular complexity index is 953. The number of hydrogen-bond donors (Lipinski definition) is 1. The lowest BCUT2D eigenvalue weighted by molar-refractivity contribution is -0.127. The second kappa shape index (κ2) is 11.0. The van der Waals surface area contributed by atoms with Crippen LogP contribution in [0, 0.1) is 19.8 Å². The van der Waals surface area contributed by atoms with Crippen molar-refractivity contribution in [3.05, 3.63) is 17.0 Å². The van der Waals surface area contributed by atoms with Crippen LogP contribution in [-0.4, -0.2) is 54.9 Å². The Hall–Kier alpha value is -1.87. The number of hydrogen-bond acceptors (Lipinski definition) is 5.